The molecule has 1 aromatic carbocycles. The van der Waals surface area contributed by atoms with Crippen molar-refractivity contribution in [3.63, 3.8) is 0 Å². The fourth-order valence-corrected chi connectivity index (χ4v) is 2.61. The van der Waals surface area contributed by atoms with Crippen LogP contribution in [0, 0.1) is 6.92 Å². The minimum atomic E-state index is 0.166. The second-order valence-corrected chi connectivity index (χ2v) is 6.20. The van der Waals surface area contributed by atoms with E-state index in [0.717, 1.165) is 55.9 Å². The number of Topliss-reactive ketones (excluding diaryl/α,β-unsaturated/α-hetero) is 1. The van der Waals surface area contributed by atoms with Crippen LogP contribution >= 0.6 is 0 Å². The maximum Gasteiger partial charge on any atom is 0.180 e. The molecule has 1 saturated heterocycles. The molecule has 4 nitrogen and oxygen atoms in total. The van der Waals surface area contributed by atoms with E-state index in [1.807, 2.05) is 25.1 Å². The largest absolute Gasteiger partial charge is 0.493 e. The first kappa shape index (κ1) is 17.0. The molecule has 2 rings (SSSR count). The van der Waals surface area contributed by atoms with Crippen LogP contribution in [0.2, 0.25) is 0 Å². The molecule has 0 amide bonds. The smallest absolute Gasteiger partial charge is 0.180 e. The van der Waals surface area contributed by atoms with E-state index in [1.165, 1.54) is 0 Å². The van der Waals surface area contributed by atoms with Gasteiger partial charge in [0.15, 0.2) is 5.78 Å². The summed E-state index contributed by atoms with van der Waals surface area (Å²) in [5.41, 5.74) is 1.83. The lowest BCUT2D eigenvalue weighted by molar-refractivity contribution is 0.0872. The Kier molecular flexibility index (Phi) is 6.40. The van der Waals surface area contributed by atoms with E-state index in [-0.39, 0.29) is 5.78 Å². The van der Waals surface area contributed by atoms with Gasteiger partial charge in [-0.1, -0.05) is 25.0 Å². The quantitative estimate of drug-likeness (QED) is 0.572. The molecule has 0 bridgehead atoms. The number of ether oxygens (including phenoxy) is 1. The van der Waals surface area contributed by atoms with Gasteiger partial charge >= 0.3 is 0 Å². The second kappa shape index (κ2) is 8.30. The van der Waals surface area contributed by atoms with E-state index in [0.29, 0.717) is 13.2 Å². The average molecular weight is 304 g/mol. The Bertz CT molecular complexity index is 494. The van der Waals surface area contributed by atoms with Crippen LogP contribution in [0.25, 0.3) is 0 Å². The Hall–Kier alpha value is -1.39. The molecule has 0 spiro atoms. The van der Waals surface area contributed by atoms with Crippen LogP contribution in [0.5, 0.6) is 5.75 Å². The molecule has 0 radical (unpaired) electrons. The highest BCUT2D eigenvalue weighted by molar-refractivity contribution is 6.00. The van der Waals surface area contributed by atoms with Crippen molar-refractivity contribution in [2.45, 2.75) is 26.7 Å². The van der Waals surface area contributed by atoms with Gasteiger partial charge in [0, 0.05) is 26.2 Å². The maximum atomic E-state index is 12.7. The molecule has 22 heavy (non-hydrogen) atoms. The number of piperazine rings is 1. The number of hydrogen-bond donors (Lipinski definition) is 0. The summed E-state index contributed by atoms with van der Waals surface area (Å²) in [7, 11) is 2.12. The molecular formula is C18H28N2O2. The summed E-state index contributed by atoms with van der Waals surface area (Å²) < 4.78 is 5.81. The van der Waals surface area contributed by atoms with Gasteiger partial charge < -0.3 is 9.64 Å². The van der Waals surface area contributed by atoms with Crippen molar-refractivity contribution in [2.24, 2.45) is 0 Å². The van der Waals surface area contributed by atoms with E-state index < -0.39 is 0 Å². The zero-order valence-corrected chi connectivity index (χ0v) is 14.1. The number of hydrogen-bond acceptors (Lipinski definition) is 4. The minimum Gasteiger partial charge on any atom is -0.493 e. The van der Waals surface area contributed by atoms with Crippen LogP contribution in [0.4, 0.5) is 0 Å². The van der Waals surface area contributed by atoms with Gasteiger partial charge in [0.25, 0.3) is 0 Å². The van der Waals surface area contributed by atoms with Crippen molar-refractivity contribution < 1.29 is 9.53 Å². The van der Waals surface area contributed by atoms with Gasteiger partial charge in [0.1, 0.15) is 5.75 Å². The lowest BCUT2D eigenvalue weighted by atomic mass is 10.1. The number of carbonyl (C=O) groups is 1. The van der Waals surface area contributed by atoms with Crippen molar-refractivity contribution >= 4 is 5.78 Å². The summed E-state index contributed by atoms with van der Waals surface area (Å²) in [6.45, 7) is 9.29. The average Bonchev–Trinajstić information content (AvgIpc) is 2.51. The summed E-state index contributed by atoms with van der Waals surface area (Å²) in [6, 6.07) is 5.90. The molecule has 0 unspecified atom stereocenters. The van der Waals surface area contributed by atoms with E-state index in [9.17, 15) is 4.79 Å². The highest BCUT2D eigenvalue weighted by Gasteiger charge is 2.19. The van der Waals surface area contributed by atoms with Gasteiger partial charge in [-0.05, 0) is 32.5 Å². The molecule has 0 saturated carbocycles. The predicted octanol–water partition coefficient (Wildman–Crippen LogP) is 2.60. The van der Waals surface area contributed by atoms with E-state index in [1.54, 1.807) is 0 Å². The fourth-order valence-electron chi connectivity index (χ4n) is 2.61. The monoisotopic (exact) mass is 304 g/mol. The Labute approximate surface area is 134 Å². The van der Waals surface area contributed by atoms with Crippen LogP contribution in [0.3, 0.4) is 0 Å². The zero-order chi connectivity index (χ0) is 15.9. The van der Waals surface area contributed by atoms with Crippen molar-refractivity contribution in [1.29, 1.82) is 0 Å². The molecule has 0 atom stereocenters. The third-order valence-corrected chi connectivity index (χ3v) is 4.15. The van der Waals surface area contributed by atoms with E-state index in [2.05, 4.69) is 23.8 Å². The van der Waals surface area contributed by atoms with Crippen LogP contribution in [-0.4, -0.2) is 62.0 Å². The summed E-state index contributed by atoms with van der Waals surface area (Å²) in [5, 5.41) is 0. The number of benzene rings is 1. The first-order valence-electron chi connectivity index (χ1n) is 8.27. The molecule has 1 heterocycles. The molecule has 1 fully saturated rings. The first-order chi connectivity index (χ1) is 10.6. The fraction of sp³-hybridized carbons (Fsp3) is 0.611. The highest BCUT2D eigenvalue weighted by Crippen LogP contribution is 2.21. The van der Waals surface area contributed by atoms with Crippen molar-refractivity contribution in [3.8, 4) is 5.75 Å². The van der Waals surface area contributed by atoms with Crippen molar-refractivity contribution in [3.05, 3.63) is 29.3 Å². The van der Waals surface area contributed by atoms with Gasteiger partial charge in [0.05, 0.1) is 18.7 Å². The normalized spacial score (nSPS) is 16.7. The number of likely N-dealkylation sites (N-methyl/N-ethyl adjacent to an activating group) is 1. The topological polar surface area (TPSA) is 32.8 Å². The molecule has 1 aromatic rings. The number of unbranched alkanes of at least 4 members (excludes halogenated alkanes) is 1. The van der Waals surface area contributed by atoms with E-state index in [4.69, 9.17) is 4.74 Å². The Balaban J connectivity index is 2.02. The van der Waals surface area contributed by atoms with Crippen LogP contribution in [0.1, 0.15) is 35.7 Å². The third-order valence-electron chi connectivity index (χ3n) is 4.15. The number of aryl methyl sites for hydroxylation is 1. The molecule has 0 aliphatic carbocycles. The second-order valence-electron chi connectivity index (χ2n) is 6.20. The molecule has 1 aliphatic rings. The van der Waals surface area contributed by atoms with Crippen LogP contribution < -0.4 is 4.74 Å². The molecule has 1 aliphatic heterocycles. The summed E-state index contributed by atoms with van der Waals surface area (Å²) in [5.74, 6) is 0.901. The third kappa shape index (κ3) is 4.82. The lowest BCUT2D eigenvalue weighted by Gasteiger charge is -2.31. The summed E-state index contributed by atoms with van der Waals surface area (Å²) in [4.78, 5) is 17.2. The van der Waals surface area contributed by atoms with Gasteiger partial charge in [-0.25, -0.2) is 0 Å². The Morgan fingerprint density at radius 2 is 1.95 bits per heavy atom. The standard InChI is InChI=1S/C18H28N2O2/c1-4-5-12-22-18-7-6-15(2)13-16(18)17(21)14-20-10-8-19(3)9-11-20/h6-7,13H,4-5,8-12,14H2,1-3H3. The number of carbonyl (C=O) groups excluding carboxylic acids is 1. The molecule has 0 aromatic heterocycles. The van der Waals surface area contributed by atoms with Gasteiger partial charge in [0.2, 0.25) is 0 Å². The van der Waals surface area contributed by atoms with E-state index >= 15 is 0 Å². The van der Waals surface area contributed by atoms with Crippen LogP contribution in [-0.2, 0) is 0 Å². The number of nitrogens with zero attached hydrogens (tertiary/aromatic N) is 2. The first-order valence-corrected chi connectivity index (χ1v) is 8.27. The van der Waals surface area contributed by atoms with Crippen LogP contribution in [0.15, 0.2) is 18.2 Å². The number of ketones is 1. The lowest BCUT2D eigenvalue weighted by Crippen LogP contribution is -2.46. The zero-order valence-electron chi connectivity index (χ0n) is 14.1. The van der Waals surface area contributed by atoms with Gasteiger partial charge in [-0.3, -0.25) is 9.69 Å². The maximum absolute atomic E-state index is 12.7. The molecular weight excluding hydrogens is 276 g/mol. The molecule has 122 valence electrons. The molecule has 0 N–H and O–H groups in total. The minimum absolute atomic E-state index is 0.166. The summed E-state index contributed by atoms with van der Waals surface area (Å²) >= 11 is 0. The highest BCUT2D eigenvalue weighted by atomic mass is 16.5. The number of rotatable bonds is 7. The van der Waals surface area contributed by atoms with Crippen molar-refractivity contribution in [1.82, 2.24) is 9.80 Å². The Morgan fingerprint density at radius 1 is 1.23 bits per heavy atom. The SMILES string of the molecule is CCCCOc1ccc(C)cc1C(=O)CN1CCN(C)CC1. The van der Waals surface area contributed by atoms with Gasteiger partial charge in [-0.2, -0.15) is 0 Å². The van der Waals surface area contributed by atoms with Gasteiger partial charge in [-0.15, -0.1) is 0 Å². The predicted molar refractivity (Wildman–Crippen MR) is 89.8 cm³/mol. The molecule has 4 heteroatoms. The Morgan fingerprint density at radius 3 is 2.64 bits per heavy atom. The van der Waals surface area contributed by atoms with Crippen molar-refractivity contribution in [2.75, 3.05) is 46.4 Å². The summed E-state index contributed by atoms with van der Waals surface area (Å²) in [6.07, 6.45) is 2.11.